The van der Waals surface area contributed by atoms with Crippen molar-refractivity contribution in [1.82, 2.24) is 15.3 Å². The van der Waals surface area contributed by atoms with E-state index in [2.05, 4.69) is 27.1 Å². The van der Waals surface area contributed by atoms with Crippen LogP contribution in [0.25, 0.3) is 0 Å². The highest BCUT2D eigenvalue weighted by atomic mass is 16.5. The van der Waals surface area contributed by atoms with E-state index in [1.165, 1.54) is 19.3 Å². The summed E-state index contributed by atoms with van der Waals surface area (Å²) in [7, 11) is 1.62. The van der Waals surface area contributed by atoms with Crippen molar-refractivity contribution in [3.05, 3.63) is 47.8 Å². The van der Waals surface area contributed by atoms with Gasteiger partial charge < -0.3 is 15.0 Å². The van der Waals surface area contributed by atoms with E-state index in [1.54, 1.807) is 19.5 Å². The molecule has 0 aliphatic carbocycles. The van der Waals surface area contributed by atoms with Crippen molar-refractivity contribution >= 4 is 11.9 Å². The number of anilines is 1. The smallest absolute Gasteiger partial charge is 0.254 e. The van der Waals surface area contributed by atoms with Crippen LogP contribution in [0.1, 0.15) is 48.5 Å². The van der Waals surface area contributed by atoms with Crippen LogP contribution >= 0.6 is 0 Å². The van der Waals surface area contributed by atoms with Gasteiger partial charge in [0.15, 0.2) is 0 Å². The van der Waals surface area contributed by atoms with Crippen molar-refractivity contribution in [3.63, 3.8) is 0 Å². The second-order valence-corrected chi connectivity index (χ2v) is 6.52. The number of rotatable bonds is 6. The lowest BCUT2D eigenvalue weighted by atomic mass is 10.0. The summed E-state index contributed by atoms with van der Waals surface area (Å²) in [4.78, 5) is 23.5. The number of nitrogens with zero attached hydrogens (tertiary/aromatic N) is 3. The number of para-hydroxylation sites is 1. The Morgan fingerprint density at radius 1 is 1.27 bits per heavy atom. The molecule has 1 aromatic heterocycles. The predicted octanol–water partition coefficient (Wildman–Crippen LogP) is 3.18. The monoisotopic (exact) mass is 354 g/mol. The number of benzene rings is 1. The SMILES string of the molecule is CCC1CCCCN1c1ncc(C(=O)NCc2ccccc2OC)cn1. The maximum absolute atomic E-state index is 12.4. The summed E-state index contributed by atoms with van der Waals surface area (Å²) in [6.45, 7) is 3.58. The molecule has 2 heterocycles. The molecule has 2 aromatic rings. The Labute approximate surface area is 154 Å². The number of nitrogens with one attached hydrogen (secondary N) is 1. The average molecular weight is 354 g/mol. The molecule has 26 heavy (non-hydrogen) atoms. The second-order valence-electron chi connectivity index (χ2n) is 6.52. The number of hydrogen-bond donors (Lipinski definition) is 1. The zero-order valence-corrected chi connectivity index (χ0v) is 15.4. The molecule has 1 unspecified atom stereocenters. The Morgan fingerprint density at radius 2 is 2.04 bits per heavy atom. The molecule has 1 aromatic carbocycles. The maximum atomic E-state index is 12.4. The van der Waals surface area contributed by atoms with Gasteiger partial charge in [0.05, 0.1) is 12.7 Å². The summed E-state index contributed by atoms with van der Waals surface area (Å²) < 4.78 is 5.31. The van der Waals surface area contributed by atoms with Gasteiger partial charge in [0.25, 0.3) is 5.91 Å². The number of ether oxygens (including phenoxy) is 1. The summed E-state index contributed by atoms with van der Waals surface area (Å²) in [6, 6.07) is 8.13. The zero-order chi connectivity index (χ0) is 18.4. The van der Waals surface area contributed by atoms with E-state index in [0.717, 1.165) is 30.2 Å². The molecule has 1 N–H and O–H groups in total. The summed E-state index contributed by atoms with van der Waals surface area (Å²) in [5, 5.41) is 2.90. The van der Waals surface area contributed by atoms with Crippen molar-refractivity contribution in [1.29, 1.82) is 0 Å². The lowest BCUT2D eigenvalue weighted by molar-refractivity contribution is 0.0950. The highest BCUT2D eigenvalue weighted by Gasteiger charge is 2.23. The minimum Gasteiger partial charge on any atom is -0.496 e. The molecule has 1 aliphatic heterocycles. The van der Waals surface area contributed by atoms with Crippen LogP contribution in [-0.2, 0) is 6.54 Å². The Bertz CT molecular complexity index is 733. The summed E-state index contributed by atoms with van der Waals surface area (Å²) in [5.74, 6) is 1.29. The molecule has 1 saturated heterocycles. The normalized spacial score (nSPS) is 17.0. The molecule has 3 rings (SSSR count). The van der Waals surface area contributed by atoms with E-state index >= 15 is 0 Å². The van der Waals surface area contributed by atoms with E-state index < -0.39 is 0 Å². The number of carbonyl (C=O) groups excluding carboxylic acids is 1. The number of aromatic nitrogens is 2. The first kappa shape index (κ1) is 18.2. The third-order valence-corrected chi connectivity index (χ3v) is 4.89. The number of methoxy groups -OCH3 is 1. The fourth-order valence-corrected chi connectivity index (χ4v) is 3.40. The highest BCUT2D eigenvalue weighted by Crippen LogP contribution is 2.23. The van der Waals surface area contributed by atoms with E-state index in [9.17, 15) is 4.79 Å². The lowest BCUT2D eigenvalue weighted by Gasteiger charge is -2.35. The van der Waals surface area contributed by atoms with E-state index in [0.29, 0.717) is 18.2 Å². The van der Waals surface area contributed by atoms with Gasteiger partial charge >= 0.3 is 0 Å². The second kappa shape index (κ2) is 8.65. The Hall–Kier alpha value is -2.63. The highest BCUT2D eigenvalue weighted by molar-refractivity contribution is 5.93. The topological polar surface area (TPSA) is 67.4 Å². The molecule has 0 bridgehead atoms. The van der Waals surface area contributed by atoms with Crippen molar-refractivity contribution in [2.75, 3.05) is 18.6 Å². The molecule has 1 amide bonds. The quantitative estimate of drug-likeness (QED) is 0.863. The summed E-state index contributed by atoms with van der Waals surface area (Å²) in [6.07, 6.45) is 7.92. The minimum atomic E-state index is -0.187. The first-order chi connectivity index (χ1) is 12.7. The van der Waals surface area contributed by atoms with Gasteiger partial charge in [-0.05, 0) is 31.7 Å². The molecular weight excluding hydrogens is 328 g/mol. The molecular formula is C20H26N4O2. The van der Waals surface area contributed by atoms with Crippen molar-refractivity contribution < 1.29 is 9.53 Å². The third-order valence-electron chi connectivity index (χ3n) is 4.89. The van der Waals surface area contributed by atoms with Gasteiger partial charge in [0.2, 0.25) is 5.95 Å². The molecule has 1 aliphatic rings. The van der Waals surface area contributed by atoms with Crippen LogP contribution in [0.15, 0.2) is 36.7 Å². The maximum Gasteiger partial charge on any atom is 0.254 e. The molecule has 6 heteroatoms. The number of hydrogen-bond acceptors (Lipinski definition) is 5. The average Bonchev–Trinajstić information content (AvgIpc) is 2.72. The van der Waals surface area contributed by atoms with Crippen LogP contribution in [0.2, 0.25) is 0 Å². The first-order valence-corrected chi connectivity index (χ1v) is 9.21. The van der Waals surface area contributed by atoms with Crippen LogP contribution in [0, 0.1) is 0 Å². The minimum absolute atomic E-state index is 0.187. The molecule has 6 nitrogen and oxygen atoms in total. The Kier molecular flexibility index (Phi) is 6.04. The van der Waals surface area contributed by atoms with Crippen molar-refractivity contribution in [3.8, 4) is 5.75 Å². The molecule has 0 radical (unpaired) electrons. The van der Waals surface area contributed by atoms with Gasteiger partial charge in [-0.25, -0.2) is 9.97 Å². The van der Waals surface area contributed by atoms with E-state index in [1.807, 2.05) is 24.3 Å². The van der Waals surface area contributed by atoms with Gasteiger partial charge in [-0.2, -0.15) is 0 Å². The van der Waals surface area contributed by atoms with Crippen LogP contribution in [-0.4, -0.2) is 35.6 Å². The predicted molar refractivity (Wildman–Crippen MR) is 101 cm³/mol. The Balaban J connectivity index is 1.63. The van der Waals surface area contributed by atoms with Crippen LogP contribution in [0.5, 0.6) is 5.75 Å². The number of amides is 1. The van der Waals surface area contributed by atoms with Gasteiger partial charge in [0, 0.05) is 37.1 Å². The standard InChI is InChI=1S/C20H26N4O2/c1-3-17-9-6-7-11-24(17)20-22-13-16(14-23-20)19(25)21-12-15-8-4-5-10-18(15)26-2/h4-5,8,10,13-14,17H,3,6-7,9,11-12H2,1-2H3,(H,21,25). The largest absolute Gasteiger partial charge is 0.496 e. The molecule has 138 valence electrons. The third kappa shape index (κ3) is 4.12. The molecule has 1 atom stereocenters. The van der Waals surface area contributed by atoms with Crippen molar-refractivity contribution in [2.45, 2.75) is 45.2 Å². The van der Waals surface area contributed by atoms with Crippen LogP contribution in [0.3, 0.4) is 0 Å². The lowest BCUT2D eigenvalue weighted by Crippen LogP contribution is -2.40. The number of piperidine rings is 1. The zero-order valence-electron chi connectivity index (χ0n) is 15.4. The molecule has 0 saturated carbocycles. The number of carbonyl (C=O) groups is 1. The molecule has 1 fully saturated rings. The van der Waals surface area contributed by atoms with Crippen LogP contribution < -0.4 is 15.0 Å². The Morgan fingerprint density at radius 3 is 2.77 bits per heavy atom. The van der Waals surface area contributed by atoms with Gasteiger partial charge in [-0.15, -0.1) is 0 Å². The van der Waals surface area contributed by atoms with Crippen LogP contribution in [0.4, 0.5) is 5.95 Å². The fraction of sp³-hybridized carbons (Fsp3) is 0.450. The molecule has 0 spiro atoms. The van der Waals surface area contributed by atoms with Gasteiger partial charge in [-0.3, -0.25) is 4.79 Å². The summed E-state index contributed by atoms with van der Waals surface area (Å²) in [5.41, 5.74) is 1.40. The van der Waals surface area contributed by atoms with Gasteiger partial charge in [-0.1, -0.05) is 25.1 Å². The van der Waals surface area contributed by atoms with Crippen molar-refractivity contribution in [2.24, 2.45) is 0 Å². The van der Waals surface area contributed by atoms with E-state index in [4.69, 9.17) is 4.74 Å². The fourth-order valence-electron chi connectivity index (χ4n) is 3.40. The van der Waals surface area contributed by atoms with Gasteiger partial charge in [0.1, 0.15) is 5.75 Å². The summed E-state index contributed by atoms with van der Waals surface area (Å²) >= 11 is 0. The van der Waals surface area contributed by atoms with E-state index in [-0.39, 0.29) is 5.91 Å². The first-order valence-electron chi connectivity index (χ1n) is 9.21.